The molecule has 0 aliphatic carbocycles. The summed E-state index contributed by atoms with van der Waals surface area (Å²) in [5.74, 6) is 0.731. The minimum Gasteiger partial charge on any atom is -0.489 e. The summed E-state index contributed by atoms with van der Waals surface area (Å²) < 4.78 is 5.98. The zero-order valence-corrected chi connectivity index (χ0v) is 20.6. The molecule has 1 aliphatic heterocycles. The van der Waals surface area contributed by atoms with Gasteiger partial charge < -0.3 is 4.74 Å². The Hall–Kier alpha value is -4.09. The molecule has 1 amide bonds. The molecular formula is C31H26N2O2S. The van der Waals surface area contributed by atoms with Crippen LogP contribution >= 0.6 is 11.8 Å². The smallest absolute Gasteiger partial charge is 0.267 e. The molecule has 5 rings (SSSR count). The third-order valence-corrected chi connectivity index (χ3v) is 6.76. The van der Waals surface area contributed by atoms with E-state index in [0.717, 1.165) is 33.2 Å². The summed E-state index contributed by atoms with van der Waals surface area (Å²) in [4.78, 5) is 20.7. The first-order valence-electron chi connectivity index (χ1n) is 11.8. The molecule has 0 spiro atoms. The Balaban J connectivity index is 1.36. The summed E-state index contributed by atoms with van der Waals surface area (Å²) in [5.41, 5.74) is 4.20. The van der Waals surface area contributed by atoms with Crippen LogP contribution in [0.4, 0.5) is 0 Å². The van der Waals surface area contributed by atoms with Gasteiger partial charge in [-0.05, 0) is 52.2 Å². The fourth-order valence-electron chi connectivity index (χ4n) is 3.86. The van der Waals surface area contributed by atoms with Crippen molar-refractivity contribution in [3.05, 3.63) is 142 Å². The average molecular weight is 491 g/mol. The summed E-state index contributed by atoms with van der Waals surface area (Å²) in [7, 11) is 0. The quantitative estimate of drug-likeness (QED) is 0.251. The first-order chi connectivity index (χ1) is 17.7. The van der Waals surface area contributed by atoms with Crippen LogP contribution in [-0.2, 0) is 24.5 Å². The molecule has 4 nitrogen and oxygen atoms in total. The Morgan fingerprint density at radius 2 is 1.39 bits per heavy atom. The molecule has 178 valence electrons. The molecule has 4 aromatic rings. The Morgan fingerprint density at radius 3 is 2.08 bits per heavy atom. The van der Waals surface area contributed by atoms with Crippen LogP contribution in [0.25, 0.3) is 6.08 Å². The molecule has 0 saturated carbocycles. The van der Waals surface area contributed by atoms with Gasteiger partial charge in [0, 0.05) is 0 Å². The molecular weight excluding hydrogens is 464 g/mol. The van der Waals surface area contributed by atoms with Gasteiger partial charge in [0.2, 0.25) is 0 Å². The number of thioether (sulfide) groups is 1. The first-order valence-corrected chi connectivity index (χ1v) is 12.7. The van der Waals surface area contributed by atoms with Crippen LogP contribution in [0.15, 0.2) is 125 Å². The lowest BCUT2D eigenvalue weighted by Crippen LogP contribution is -2.28. The molecule has 0 bridgehead atoms. The number of rotatable bonds is 8. The van der Waals surface area contributed by atoms with Gasteiger partial charge in [0.1, 0.15) is 12.4 Å². The van der Waals surface area contributed by atoms with Crippen molar-refractivity contribution in [2.45, 2.75) is 19.7 Å². The van der Waals surface area contributed by atoms with E-state index in [0.29, 0.717) is 24.6 Å². The van der Waals surface area contributed by atoms with Gasteiger partial charge in [-0.1, -0.05) is 103 Å². The number of hydrogen-bond acceptors (Lipinski definition) is 4. The van der Waals surface area contributed by atoms with Gasteiger partial charge in [-0.15, -0.1) is 0 Å². The summed E-state index contributed by atoms with van der Waals surface area (Å²) in [5, 5.41) is 0.718. The Labute approximate surface area is 216 Å². The number of hydrogen-bond donors (Lipinski definition) is 0. The number of benzene rings is 4. The molecule has 1 heterocycles. The second-order valence-electron chi connectivity index (χ2n) is 8.42. The van der Waals surface area contributed by atoms with E-state index in [4.69, 9.17) is 9.73 Å². The molecule has 0 N–H and O–H groups in total. The third-order valence-electron chi connectivity index (χ3n) is 5.72. The maximum absolute atomic E-state index is 13.5. The van der Waals surface area contributed by atoms with E-state index >= 15 is 0 Å². The maximum Gasteiger partial charge on any atom is 0.267 e. The van der Waals surface area contributed by atoms with Crippen molar-refractivity contribution in [2.24, 2.45) is 4.99 Å². The monoisotopic (exact) mass is 490 g/mol. The lowest BCUT2D eigenvalue weighted by molar-refractivity contribution is -0.122. The van der Waals surface area contributed by atoms with E-state index in [1.807, 2.05) is 121 Å². The van der Waals surface area contributed by atoms with Crippen LogP contribution in [-0.4, -0.2) is 16.0 Å². The van der Waals surface area contributed by atoms with E-state index in [9.17, 15) is 4.79 Å². The summed E-state index contributed by atoms with van der Waals surface area (Å²) in [6.45, 7) is 1.51. The standard InChI is InChI=1S/C31H26N2O2S/c34-30-29(20-27-17-10-18-28(19-27)35-23-26-15-8-3-9-16-26)36-31(32-21-24-11-4-1-5-12-24)33(30)22-25-13-6-2-7-14-25/h1-20H,21-23H2/b29-20-,32-31?. The second-order valence-corrected chi connectivity index (χ2v) is 9.43. The van der Waals surface area contributed by atoms with Crippen molar-refractivity contribution in [3.8, 4) is 5.75 Å². The van der Waals surface area contributed by atoms with E-state index in [1.54, 1.807) is 4.90 Å². The highest BCUT2D eigenvalue weighted by atomic mass is 32.2. The predicted molar refractivity (Wildman–Crippen MR) is 147 cm³/mol. The topological polar surface area (TPSA) is 41.9 Å². The first kappa shape index (κ1) is 23.6. The van der Waals surface area contributed by atoms with Gasteiger partial charge in [-0.25, -0.2) is 0 Å². The highest BCUT2D eigenvalue weighted by molar-refractivity contribution is 8.18. The molecule has 0 atom stereocenters. The van der Waals surface area contributed by atoms with Crippen molar-refractivity contribution < 1.29 is 9.53 Å². The van der Waals surface area contributed by atoms with E-state index in [1.165, 1.54) is 11.8 Å². The zero-order chi connectivity index (χ0) is 24.6. The molecule has 4 aromatic carbocycles. The van der Waals surface area contributed by atoms with E-state index in [-0.39, 0.29) is 5.91 Å². The molecule has 5 heteroatoms. The molecule has 0 aromatic heterocycles. The van der Waals surface area contributed by atoms with Gasteiger partial charge in [-0.2, -0.15) is 0 Å². The number of nitrogens with zero attached hydrogens (tertiary/aromatic N) is 2. The van der Waals surface area contributed by atoms with Crippen molar-refractivity contribution in [1.29, 1.82) is 0 Å². The van der Waals surface area contributed by atoms with Crippen molar-refractivity contribution in [3.63, 3.8) is 0 Å². The Bertz CT molecular complexity index is 1370. The van der Waals surface area contributed by atoms with Crippen LogP contribution in [0.5, 0.6) is 5.75 Å². The predicted octanol–water partition coefficient (Wildman–Crippen LogP) is 6.94. The van der Waals surface area contributed by atoms with E-state index in [2.05, 4.69) is 0 Å². The van der Waals surface area contributed by atoms with Gasteiger partial charge in [0.25, 0.3) is 5.91 Å². The molecule has 1 fully saturated rings. The molecule has 36 heavy (non-hydrogen) atoms. The lowest BCUT2D eigenvalue weighted by atomic mass is 10.2. The highest BCUT2D eigenvalue weighted by Gasteiger charge is 2.33. The molecule has 1 aliphatic rings. The van der Waals surface area contributed by atoms with Crippen LogP contribution in [0.1, 0.15) is 22.3 Å². The number of amidine groups is 1. The minimum atomic E-state index is -0.0359. The fourth-order valence-corrected chi connectivity index (χ4v) is 4.84. The van der Waals surface area contributed by atoms with Crippen molar-refractivity contribution >= 4 is 28.9 Å². The summed E-state index contributed by atoms with van der Waals surface area (Å²) in [6.07, 6.45) is 1.92. The van der Waals surface area contributed by atoms with Crippen LogP contribution in [0.3, 0.4) is 0 Å². The lowest BCUT2D eigenvalue weighted by Gasteiger charge is -2.15. The van der Waals surface area contributed by atoms with Crippen molar-refractivity contribution in [1.82, 2.24) is 4.90 Å². The zero-order valence-electron chi connectivity index (χ0n) is 19.8. The van der Waals surface area contributed by atoms with Crippen LogP contribution < -0.4 is 4.74 Å². The summed E-state index contributed by atoms with van der Waals surface area (Å²) >= 11 is 1.42. The average Bonchev–Trinajstić information content (AvgIpc) is 3.22. The minimum absolute atomic E-state index is 0.0359. The maximum atomic E-state index is 13.5. The normalized spacial score (nSPS) is 15.6. The fraction of sp³-hybridized carbons (Fsp3) is 0.0968. The van der Waals surface area contributed by atoms with Gasteiger partial charge in [0.15, 0.2) is 5.17 Å². The summed E-state index contributed by atoms with van der Waals surface area (Å²) in [6, 6.07) is 38.0. The van der Waals surface area contributed by atoms with Crippen LogP contribution in [0.2, 0.25) is 0 Å². The second kappa shape index (κ2) is 11.6. The number of carbonyl (C=O) groups excluding carboxylic acids is 1. The Kier molecular flexibility index (Phi) is 7.59. The Morgan fingerprint density at radius 1 is 0.750 bits per heavy atom. The van der Waals surface area contributed by atoms with Crippen LogP contribution in [0, 0.1) is 0 Å². The molecule has 1 saturated heterocycles. The van der Waals surface area contributed by atoms with Gasteiger partial charge in [-0.3, -0.25) is 14.7 Å². The van der Waals surface area contributed by atoms with Crippen molar-refractivity contribution in [2.75, 3.05) is 0 Å². The molecule has 0 unspecified atom stereocenters. The highest BCUT2D eigenvalue weighted by Crippen LogP contribution is 2.34. The van der Waals surface area contributed by atoms with E-state index < -0.39 is 0 Å². The third kappa shape index (κ3) is 6.12. The number of aliphatic imine (C=N–C) groups is 1. The number of ether oxygens (including phenoxy) is 1. The number of carbonyl (C=O) groups is 1. The van der Waals surface area contributed by atoms with Gasteiger partial charge in [0.05, 0.1) is 18.0 Å². The number of amides is 1. The largest absolute Gasteiger partial charge is 0.489 e. The van der Waals surface area contributed by atoms with Gasteiger partial charge >= 0.3 is 0 Å². The molecule has 0 radical (unpaired) electrons. The SMILES string of the molecule is O=C1/C(=C/c2cccc(OCc3ccccc3)c2)SC(=NCc2ccccc2)N1Cc1ccccc1.